The number of nitrogens with one attached hydrogen (secondary N) is 1. The third-order valence-corrected chi connectivity index (χ3v) is 3.59. The molecule has 2 aromatic rings. The van der Waals surface area contributed by atoms with Gasteiger partial charge in [0, 0.05) is 10.0 Å². The zero-order valence-corrected chi connectivity index (χ0v) is 13.1. The van der Waals surface area contributed by atoms with Crippen LogP contribution in [-0.4, -0.2) is 13.7 Å². The van der Waals surface area contributed by atoms with Crippen LogP contribution >= 0.6 is 15.9 Å². The third-order valence-electron chi connectivity index (χ3n) is 3.09. The van der Waals surface area contributed by atoms with Crippen LogP contribution in [0.3, 0.4) is 0 Å². The number of halogens is 2. The van der Waals surface area contributed by atoms with E-state index in [1.54, 1.807) is 13.2 Å². The van der Waals surface area contributed by atoms with Crippen molar-refractivity contribution in [1.82, 2.24) is 5.32 Å². The lowest BCUT2D eigenvalue weighted by Crippen LogP contribution is -2.22. The highest BCUT2D eigenvalue weighted by Crippen LogP contribution is 2.31. The fourth-order valence-electron chi connectivity index (χ4n) is 2.23. The lowest BCUT2D eigenvalue weighted by Gasteiger charge is -2.21. The first-order valence-electron chi connectivity index (χ1n) is 6.48. The van der Waals surface area contributed by atoms with Crippen molar-refractivity contribution in [3.63, 3.8) is 0 Å². The monoisotopic (exact) mass is 337 g/mol. The molecule has 0 saturated heterocycles. The van der Waals surface area contributed by atoms with Gasteiger partial charge in [-0.1, -0.05) is 35.0 Å². The maximum Gasteiger partial charge on any atom is 0.124 e. The molecule has 0 bridgehead atoms. The van der Waals surface area contributed by atoms with E-state index < -0.39 is 0 Å². The van der Waals surface area contributed by atoms with Gasteiger partial charge >= 0.3 is 0 Å². The molecular formula is C16H17BrFNO. The Labute approximate surface area is 127 Å². The van der Waals surface area contributed by atoms with Gasteiger partial charge in [0.05, 0.1) is 13.2 Å². The summed E-state index contributed by atoms with van der Waals surface area (Å²) in [6.45, 7) is 2.80. The molecule has 0 aromatic heterocycles. The van der Waals surface area contributed by atoms with E-state index in [4.69, 9.17) is 4.74 Å². The molecule has 4 heteroatoms. The smallest absolute Gasteiger partial charge is 0.124 e. The summed E-state index contributed by atoms with van der Waals surface area (Å²) in [7, 11) is 1.60. The summed E-state index contributed by atoms with van der Waals surface area (Å²) in [5.74, 6) is 0.413. The highest BCUT2D eigenvalue weighted by molar-refractivity contribution is 9.10. The predicted molar refractivity (Wildman–Crippen MR) is 82.6 cm³/mol. The minimum Gasteiger partial charge on any atom is -0.496 e. The van der Waals surface area contributed by atoms with Gasteiger partial charge in [0.25, 0.3) is 0 Å². The lowest BCUT2D eigenvalue weighted by atomic mass is 9.97. The lowest BCUT2D eigenvalue weighted by molar-refractivity contribution is 0.402. The fourth-order valence-corrected chi connectivity index (χ4v) is 2.65. The van der Waals surface area contributed by atoms with Gasteiger partial charge in [-0.25, -0.2) is 4.39 Å². The quantitative estimate of drug-likeness (QED) is 0.878. The molecule has 2 aromatic carbocycles. The number of ether oxygens (including phenoxy) is 1. The third kappa shape index (κ3) is 3.38. The zero-order valence-electron chi connectivity index (χ0n) is 11.5. The zero-order chi connectivity index (χ0) is 14.5. The molecule has 0 aliphatic carbocycles. The first kappa shape index (κ1) is 15.0. The van der Waals surface area contributed by atoms with Gasteiger partial charge in [-0.15, -0.1) is 0 Å². The summed E-state index contributed by atoms with van der Waals surface area (Å²) in [4.78, 5) is 0. The first-order chi connectivity index (χ1) is 9.65. The molecule has 2 rings (SSSR count). The first-order valence-corrected chi connectivity index (χ1v) is 7.27. The molecule has 106 valence electrons. The number of methoxy groups -OCH3 is 1. The van der Waals surface area contributed by atoms with Crippen LogP contribution < -0.4 is 10.1 Å². The Bertz CT molecular complexity index is 588. The number of hydrogen-bond donors (Lipinski definition) is 1. The number of benzene rings is 2. The van der Waals surface area contributed by atoms with Gasteiger partial charge in [-0.2, -0.15) is 0 Å². The largest absolute Gasteiger partial charge is 0.496 e. The molecule has 0 fully saturated rings. The summed E-state index contributed by atoms with van der Waals surface area (Å²) in [5.41, 5.74) is 1.86. The molecule has 0 radical (unpaired) electrons. The van der Waals surface area contributed by atoms with Gasteiger partial charge in [0.15, 0.2) is 0 Å². The van der Waals surface area contributed by atoms with Crippen LogP contribution in [0.15, 0.2) is 46.9 Å². The van der Waals surface area contributed by atoms with Crippen molar-refractivity contribution in [2.45, 2.75) is 13.0 Å². The van der Waals surface area contributed by atoms with Crippen LogP contribution in [0, 0.1) is 5.82 Å². The molecule has 0 aliphatic heterocycles. The van der Waals surface area contributed by atoms with Crippen molar-refractivity contribution >= 4 is 15.9 Å². The van der Waals surface area contributed by atoms with Crippen LogP contribution in [0.2, 0.25) is 0 Å². The average molecular weight is 338 g/mol. The average Bonchev–Trinajstić information content (AvgIpc) is 2.44. The van der Waals surface area contributed by atoms with Gasteiger partial charge < -0.3 is 10.1 Å². The fraction of sp³-hybridized carbons (Fsp3) is 0.250. The Morgan fingerprint density at radius 3 is 2.70 bits per heavy atom. The Kier molecular flexibility index (Phi) is 5.15. The summed E-state index contributed by atoms with van der Waals surface area (Å²) >= 11 is 3.47. The van der Waals surface area contributed by atoms with Gasteiger partial charge in [-0.05, 0) is 42.4 Å². The summed E-state index contributed by atoms with van der Waals surface area (Å²) in [5, 5.41) is 3.38. The van der Waals surface area contributed by atoms with Crippen molar-refractivity contribution in [3.8, 4) is 5.75 Å². The highest BCUT2D eigenvalue weighted by Gasteiger charge is 2.18. The Morgan fingerprint density at radius 2 is 2.05 bits per heavy atom. The molecule has 0 amide bonds. The van der Waals surface area contributed by atoms with Crippen molar-refractivity contribution in [2.24, 2.45) is 0 Å². The molecule has 1 atom stereocenters. The topological polar surface area (TPSA) is 21.3 Å². The summed E-state index contributed by atoms with van der Waals surface area (Å²) in [6, 6.07) is 12.5. The second-order valence-electron chi connectivity index (χ2n) is 4.43. The Morgan fingerprint density at radius 1 is 1.25 bits per heavy atom. The second-order valence-corrected chi connectivity index (χ2v) is 5.35. The van der Waals surface area contributed by atoms with Crippen molar-refractivity contribution in [2.75, 3.05) is 13.7 Å². The molecule has 0 heterocycles. The summed E-state index contributed by atoms with van der Waals surface area (Å²) in [6.07, 6.45) is 0. The van der Waals surface area contributed by atoms with E-state index in [1.165, 1.54) is 12.1 Å². The molecule has 0 saturated carbocycles. The SMILES string of the molecule is CCNC(c1cccc(Br)c1)c1cc(F)ccc1OC. The second kappa shape index (κ2) is 6.86. The minimum atomic E-state index is -0.265. The molecular weight excluding hydrogens is 321 g/mol. The Hall–Kier alpha value is -1.39. The van der Waals surface area contributed by atoms with Crippen molar-refractivity contribution in [1.29, 1.82) is 0 Å². The van der Waals surface area contributed by atoms with Gasteiger partial charge in [0.2, 0.25) is 0 Å². The van der Waals surface area contributed by atoms with Crippen LogP contribution in [-0.2, 0) is 0 Å². The normalized spacial score (nSPS) is 12.2. The number of rotatable bonds is 5. The minimum absolute atomic E-state index is 0.108. The van der Waals surface area contributed by atoms with E-state index in [0.29, 0.717) is 5.75 Å². The van der Waals surface area contributed by atoms with Crippen LogP contribution in [0.1, 0.15) is 24.1 Å². The molecule has 1 unspecified atom stereocenters. The molecule has 1 N–H and O–H groups in total. The van der Waals surface area contributed by atoms with E-state index in [9.17, 15) is 4.39 Å². The van der Waals surface area contributed by atoms with E-state index in [1.807, 2.05) is 31.2 Å². The van der Waals surface area contributed by atoms with Crippen LogP contribution in [0.5, 0.6) is 5.75 Å². The van der Waals surface area contributed by atoms with Crippen LogP contribution in [0.25, 0.3) is 0 Å². The van der Waals surface area contributed by atoms with Crippen LogP contribution in [0.4, 0.5) is 4.39 Å². The highest BCUT2D eigenvalue weighted by atomic mass is 79.9. The van der Waals surface area contributed by atoms with Crippen molar-refractivity contribution < 1.29 is 9.13 Å². The molecule has 0 spiro atoms. The maximum atomic E-state index is 13.6. The van der Waals surface area contributed by atoms with E-state index in [0.717, 1.165) is 22.1 Å². The van der Waals surface area contributed by atoms with E-state index in [-0.39, 0.29) is 11.9 Å². The number of hydrogen-bond acceptors (Lipinski definition) is 2. The van der Waals surface area contributed by atoms with Gasteiger partial charge in [-0.3, -0.25) is 0 Å². The van der Waals surface area contributed by atoms with E-state index in [2.05, 4.69) is 21.2 Å². The predicted octanol–water partition coefficient (Wildman–Crippen LogP) is 4.30. The molecule has 20 heavy (non-hydrogen) atoms. The Balaban J connectivity index is 2.50. The van der Waals surface area contributed by atoms with E-state index >= 15 is 0 Å². The maximum absolute atomic E-state index is 13.6. The molecule has 0 aliphatic rings. The van der Waals surface area contributed by atoms with Gasteiger partial charge in [0.1, 0.15) is 11.6 Å². The standard InChI is InChI=1S/C16H17BrFNO/c1-3-19-16(11-5-4-6-12(17)9-11)14-10-13(18)7-8-15(14)20-2/h4-10,16,19H,3H2,1-2H3. The van der Waals surface area contributed by atoms with Crippen molar-refractivity contribution in [3.05, 3.63) is 63.9 Å². The molecule has 2 nitrogen and oxygen atoms in total. The summed E-state index contributed by atoms with van der Waals surface area (Å²) < 4.78 is 19.9.